The average Bonchev–Trinajstić information content (AvgIpc) is 2.97. The second kappa shape index (κ2) is 6.61. The Morgan fingerprint density at radius 2 is 1.52 bits per heavy atom. The minimum atomic E-state index is -1.42. The van der Waals surface area contributed by atoms with E-state index < -0.39 is 41.0 Å². The Labute approximate surface area is 142 Å². The summed E-state index contributed by atoms with van der Waals surface area (Å²) in [6.07, 6.45) is 1.43. The highest BCUT2D eigenvalue weighted by Crippen LogP contribution is 2.61. The van der Waals surface area contributed by atoms with Crippen LogP contribution in [-0.2, 0) is 17.8 Å². The second-order valence-corrected chi connectivity index (χ2v) is 7.27. The molecule has 0 spiro atoms. The van der Waals surface area contributed by atoms with E-state index in [0.29, 0.717) is 0 Å². The molecule has 2 rings (SSSR count). The van der Waals surface area contributed by atoms with Gasteiger partial charge in [0.2, 0.25) is 0 Å². The maximum atomic E-state index is 14.2. The third-order valence-corrected chi connectivity index (χ3v) is 4.85. The van der Waals surface area contributed by atoms with E-state index >= 15 is 0 Å². The molecule has 0 N–H and O–H groups in total. The Morgan fingerprint density at radius 3 is 1.96 bits per heavy atom. The van der Waals surface area contributed by atoms with Crippen LogP contribution in [0.1, 0.15) is 25.0 Å². The van der Waals surface area contributed by atoms with Gasteiger partial charge < -0.3 is 4.74 Å². The minimum absolute atomic E-state index is 0.0549. The molecule has 128 valence electrons. The van der Waals surface area contributed by atoms with Gasteiger partial charge in [-0.05, 0) is 23.7 Å². The molecule has 0 bridgehead atoms. The van der Waals surface area contributed by atoms with Crippen LogP contribution in [0.2, 0.25) is 0 Å². The molecule has 0 aromatic heterocycles. The quantitative estimate of drug-likeness (QED) is 0.489. The number of halogens is 6. The Hall–Kier alpha value is -0.780. The number of hydrogen-bond acceptors (Lipinski definition) is 1. The first-order valence-corrected chi connectivity index (χ1v) is 7.73. The van der Waals surface area contributed by atoms with Crippen LogP contribution in [-0.4, -0.2) is 7.11 Å². The molecule has 0 amide bonds. The molecule has 23 heavy (non-hydrogen) atoms. The largest absolute Gasteiger partial charge is 0.380 e. The summed E-state index contributed by atoms with van der Waals surface area (Å²) >= 11 is 11.2. The zero-order valence-electron chi connectivity index (χ0n) is 12.8. The molecule has 1 fully saturated rings. The molecule has 1 nitrogen and oxygen atoms in total. The normalized spacial score (nSPS) is 22.1. The maximum absolute atomic E-state index is 14.2. The van der Waals surface area contributed by atoms with Gasteiger partial charge in [-0.2, -0.15) is 0 Å². The van der Waals surface area contributed by atoms with E-state index in [9.17, 15) is 17.6 Å². The smallest absolute Gasteiger partial charge is 0.167 e. The summed E-state index contributed by atoms with van der Waals surface area (Å²) in [5.74, 6) is -5.91. The van der Waals surface area contributed by atoms with Crippen molar-refractivity contribution in [3.63, 3.8) is 0 Å². The van der Waals surface area contributed by atoms with Gasteiger partial charge in [0.05, 0.1) is 12.2 Å². The van der Waals surface area contributed by atoms with Crippen LogP contribution in [0.15, 0.2) is 10.6 Å². The van der Waals surface area contributed by atoms with E-state index in [2.05, 4.69) is 4.74 Å². The fourth-order valence-corrected chi connectivity index (χ4v) is 3.31. The molecule has 1 aliphatic rings. The van der Waals surface area contributed by atoms with Crippen molar-refractivity contribution in [3.05, 3.63) is 45.0 Å². The van der Waals surface area contributed by atoms with Crippen molar-refractivity contribution < 1.29 is 22.3 Å². The molecule has 0 unspecified atom stereocenters. The lowest BCUT2D eigenvalue weighted by Gasteiger charge is -2.12. The fraction of sp³-hybridized carbons (Fsp3) is 0.500. The van der Waals surface area contributed by atoms with Crippen LogP contribution >= 0.6 is 23.2 Å². The number of allylic oxidation sites excluding steroid dienone is 1. The van der Waals surface area contributed by atoms with Crippen molar-refractivity contribution in [2.45, 2.75) is 26.9 Å². The molecule has 1 aromatic carbocycles. The van der Waals surface area contributed by atoms with Crippen LogP contribution in [0.5, 0.6) is 0 Å². The van der Waals surface area contributed by atoms with E-state index in [0.717, 1.165) is 0 Å². The summed E-state index contributed by atoms with van der Waals surface area (Å²) in [5, 5.41) is 0. The first-order valence-electron chi connectivity index (χ1n) is 6.98. The molecule has 1 aromatic rings. The third kappa shape index (κ3) is 3.37. The highest BCUT2D eigenvalue weighted by molar-refractivity contribution is 6.55. The van der Waals surface area contributed by atoms with Crippen LogP contribution in [0.4, 0.5) is 17.6 Å². The van der Waals surface area contributed by atoms with Crippen LogP contribution in [0.25, 0.3) is 0 Å². The molecular weight excluding hydrogens is 355 g/mol. The number of ether oxygens (including phenoxy) is 1. The molecule has 0 saturated heterocycles. The van der Waals surface area contributed by atoms with Crippen LogP contribution in [0, 0.1) is 40.5 Å². The molecule has 0 radical (unpaired) electrons. The van der Waals surface area contributed by atoms with Gasteiger partial charge in [-0.3, -0.25) is 0 Å². The van der Waals surface area contributed by atoms with Crippen molar-refractivity contribution in [3.8, 4) is 0 Å². The van der Waals surface area contributed by atoms with Crippen LogP contribution < -0.4 is 0 Å². The Balaban J connectivity index is 2.37. The summed E-state index contributed by atoms with van der Waals surface area (Å²) in [5.41, 5.74) is -1.66. The summed E-state index contributed by atoms with van der Waals surface area (Å²) < 4.78 is 60.8. The molecule has 0 aliphatic heterocycles. The van der Waals surface area contributed by atoms with Gasteiger partial charge in [-0.25, -0.2) is 17.6 Å². The lowest BCUT2D eigenvalue weighted by atomic mass is 9.99. The first kappa shape index (κ1) is 18.6. The van der Waals surface area contributed by atoms with Gasteiger partial charge in [0.15, 0.2) is 23.3 Å². The van der Waals surface area contributed by atoms with E-state index in [4.69, 9.17) is 23.2 Å². The highest BCUT2D eigenvalue weighted by atomic mass is 35.5. The zero-order valence-corrected chi connectivity index (χ0v) is 14.3. The number of hydrogen-bond donors (Lipinski definition) is 0. The van der Waals surface area contributed by atoms with Gasteiger partial charge in [-0.1, -0.05) is 43.1 Å². The van der Waals surface area contributed by atoms with Gasteiger partial charge >= 0.3 is 0 Å². The second-order valence-electron chi connectivity index (χ2n) is 6.26. The monoisotopic (exact) mass is 370 g/mol. The van der Waals surface area contributed by atoms with Crippen molar-refractivity contribution in [1.82, 2.24) is 0 Å². The summed E-state index contributed by atoms with van der Waals surface area (Å²) in [6.45, 7) is 3.20. The number of methoxy groups -OCH3 is 1. The standard InChI is InChI=1S/C16H16Cl2F4O/c1-16(2)9(10(16)5-11(17)18)4-7-12(19)14(21)8(6-23-3)15(22)13(7)20/h5,9-10H,4,6H2,1-3H3/t9-,10-/m1/s1. The first-order chi connectivity index (χ1) is 10.6. The lowest BCUT2D eigenvalue weighted by Crippen LogP contribution is -2.11. The molecule has 2 atom stereocenters. The maximum Gasteiger partial charge on any atom is 0.167 e. The molecular formula is C16H16Cl2F4O. The number of rotatable bonds is 5. The predicted molar refractivity (Wildman–Crippen MR) is 81.2 cm³/mol. The van der Waals surface area contributed by atoms with E-state index in [1.54, 1.807) is 6.08 Å². The minimum Gasteiger partial charge on any atom is -0.380 e. The molecule has 0 heterocycles. The van der Waals surface area contributed by atoms with Crippen molar-refractivity contribution in [2.75, 3.05) is 7.11 Å². The average molecular weight is 371 g/mol. The fourth-order valence-electron chi connectivity index (χ4n) is 3.04. The number of benzene rings is 1. The van der Waals surface area contributed by atoms with Gasteiger partial charge in [0, 0.05) is 12.7 Å². The van der Waals surface area contributed by atoms with E-state index in [1.165, 1.54) is 7.11 Å². The SMILES string of the molecule is COCc1c(F)c(F)c(C[C@@H]2[C@@H](C=C(Cl)Cl)C2(C)C)c(F)c1F. The lowest BCUT2D eigenvalue weighted by molar-refractivity contribution is 0.175. The Bertz CT molecular complexity index is 625. The molecule has 1 saturated carbocycles. The predicted octanol–water partition coefficient (Wildman–Crippen LogP) is 5.52. The summed E-state index contributed by atoms with van der Waals surface area (Å²) in [4.78, 5) is 0. The van der Waals surface area contributed by atoms with Crippen molar-refractivity contribution >= 4 is 23.2 Å². The molecule has 1 aliphatic carbocycles. The topological polar surface area (TPSA) is 9.23 Å². The van der Waals surface area contributed by atoms with Gasteiger partial charge in [0.1, 0.15) is 4.49 Å². The van der Waals surface area contributed by atoms with Gasteiger partial charge in [-0.15, -0.1) is 0 Å². The summed E-state index contributed by atoms with van der Waals surface area (Å²) in [6, 6.07) is 0. The Morgan fingerprint density at radius 1 is 1.04 bits per heavy atom. The highest BCUT2D eigenvalue weighted by Gasteiger charge is 2.56. The summed E-state index contributed by atoms with van der Waals surface area (Å²) in [7, 11) is 1.18. The van der Waals surface area contributed by atoms with Crippen molar-refractivity contribution in [1.29, 1.82) is 0 Å². The van der Waals surface area contributed by atoms with E-state index in [-0.39, 0.29) is 28.2 Å². The van der Waals surface area contributed by atoms with Gasteiger partial charge in [0.25, 0.3) is 0 Å². The van der Waals surface area contributed by atoms with Crippen LogP contribution in [0.3, 0.4) is 0 Å². The zero-order chi connectivity index (χ0) is 17.5. The third-order valence-electron chi connectivity index (χ3n) is 4.60. The Kier molecular flexibility index (Phi) is 5.34. The molecule has 7 heteroatoms. The van der Waals surface area contributed by atoms with E-state index in [1.807, 2.05) is 13.8 Å². The van der Waals surface area contributed by atoms with Crippen molar-refractivity contribution in [2.24, 2.45) is 17.3 Å².